The average Bonchev–Trinajstić information content (AvgIpc) is 2.98. The van der Waals surface area contributed by atoms with E-state index in [-0.39, 0.29) is 23.9 Å². The van der Waals surface area contributed by atoms with Crippen LogP contribution >= 0.6 is 12.4 Å². The van der Waals surface area contributed by atoms with Gasteiger partial charge in [-0.2, -0.15) is 0 Å². The lowest BCUT2D eigenvalue weighted by Gasteiger charge is -2.35. The first-order chi connectivity index (χ1) is 13.6. The zero-order chi connectivity index (χ0) is 19.3. The standard InChI is InChI=1S/C21H21N5O2.ClH/c1-13-11-16(24-18-14-7-3-4-8-15(14)22-12-23-18)20(28)26-17(13)19(27)25-21(26)9-5-2-6-10-21;/h3-4,7-8,11-12H,2,5-6,9-10H2,1H3,(H,25,27)(H,22,23,24);1H. The molecule has 0 saturated heterocycles. The molecule has 1 saturated carbocycles. The van der Waals surface area contributed by atoms with Crippen LogP contribution in [0.3, 0.4) is 0 Å². The van der Waals surface area contributed by atoms with E-state index in [2.05, 4.69) is 20.6 Å². The summed E-state index contributed by atoms with van der Waals surface area (Å²) in [6.45, 7) is 1.87. The third-order valence-corrected chi connectivity index (χ3v) is 5.86. The highest BCUT2D eigenvalue weighted by atomic mass is 35.5. The van der Waals surface area contributed by atoms with Gasteiger partial charge in [0.15, 0.2) is 0 Å². The van der Waals surface area contributed by atoms with Crippen LogP contribution in [0.5, 0.6) is 0 Å². The van der Waals surface area contributed by atoms with E-state index in [1.165, 1.54) is 6.33 Å². The number of carbonyl (C=O) groups is 1. The van der Waals surface area contributed by atoms with Gasteiger partial charge in [-0.05, 0) is 56.4 Å². The molecule has 0 radical (unpaired) electrons. The summed E-state index contributed by atoms with van der Waals surface area (Å²) >= 11 is 0. The minimum absolute atomic E-state index is 0. The van der Waals surface area contributed by atoms with Crippen molar-refractivity contribution >= 4 is 40.7 Å². The van der Waals surface area contributed by atoms with Crippen LogP contribution in [0.2, 0.25) is 0 Å². The fourth-order valence-corrected chi connectivity index (χ4v) is 4.57. The lowest BCUT2D eigenvalue weighted by atomic mass is 9.89. The van der Waals surface area contributed by atoms with Crippen LogP contribution in [0.15, 0.2) is 41.5 Å². The molecule has 29 heavy (non-hydrogen) atoms. The number of pyridine rings is 1. The Balaban J connectivity index is 0.00000205. The largest absolute Gasteiger partial charge is 0.335 e. The molecular weight excluding hydrogens is 390 g/mol. The van der Waals surface area contributed by atoms with E-state index in [0.717, 1.165) is 48.6 Å². The highest BCUT2D eigenvalue weighted by Crippen LogP contribution is 2.37. The van der Waals surface area contributed by atoms with Crippen molar-refractivity contribution in [3.63, 3.8) is 0 Å². The minimum atomic E-state index is -0.599. The summed E-state index contributed by atoms with van der Waals surface area (Å²) in [5, 5.41) is 7.15. The van der Waals surface area contributed by atoms with Crippen LogP contribution in [0.4, 0.5) is 11.5 Å². The summed E-state index contributed by atoms with van der Waals surface area (Å²) in [4.78, 5) is 34.7. The molecular formula is C21H22ClN5O2. The lowest BCUT2D eigenvalue weighted by Crippen LogP contribution is -2.48. The molecule has 0 atom stereocenters. The monoisotopic (exact) mass is 411 g/mol. The van der Waals surface area contributed by atoms with Crippen LogP contribution in [0, 0.1) is 6.92 Å². The fraction of sp³-hybridized carbons (Fsp3) is 0.333. The average molecular weight is 412 g/mol. The maximum Gasteiger partial charge on any atom is 0.276 e. The molecule has 5 rings (SSSR count). The second kappa shape index (κ2) is 7.15. The fourth-order valence-electron chi connectivity index (χ4n) is 4.57. The first-order valence-electron chi connectivity index (χ1n) is 9.65. The van der Waals surface area contributed by atoms with Crippen molar-refractivity contribution in [1.29, 1.82) is 0 Å². The van der Waals surface area contributed by atoms with Crippen molar-refractivity contribution in [1.82, 2.24) is 19.9 Å². The molecule has 150 valence electrons. The Hall–Kier alpha value is -2.93. The van der Waals surface area contributed by atoms with Gasteiger partial charge in [-0.15, -0.1) is 12.4 Å². The molecule has 3 heterocycles. The number of hydrogen-bond acceptors (Lipinski definition) is 5. The molecule has 8 heteroatoms. The van der Waals surface area contributed by atoms with Gasteiger partial charge in [0.1, 0.15) is 29.2 Å². The highest BCUT2D eigenvalue weighted by molar-refractivity contribution is 5.97. The summed E-state index contributed by atoms with van der Waals surface area (Å²) in [5.74, 6) is 0.424. The molecule has 1 aliphatic heterocycles. The number of carbonyl (C=O) groups excluding carboxylic acids is 1. The predicted molar refractivity (Wildman–Crippen MR) is 114 cm³/mol. The van der Waals surface area contributed by atoms with Crippen molar-refractivity contribution in [2.75, 3.05) is 5.32 Å². The summed E-state index contributed by atoms with van der Waals surface area (Å²) in [5.41, 5.74) is 1.69. The summed E-state index contributed by atoms with van der Waals surface area (Å²) < 4.78 is 1.69. The van der Waals surface area contributed by atoms with Gasteiger partial charge in [0, 0.05) is 5.39 Å². The number of rotatable bonds is 2. The van der Waals surface area contributed by atoms with Crippen LogP contribution < -0.4 is 16.2 Å². The van der Waals surface area contributed by atoms with Gasteiger partial charge < -0.3 is 10.6 Å². The van der Waals surface area contributed by atoms with E-state index in [0.29, 0.717) is 17.2 Å². The Bertz CT molecular complexity index is 1160. The van der Waals surface area contributed by atoms with Gasteiger partial charge in [0.25, 0.3) is 11.5 Å². The highest BCUT2D eigenvalue weighted by Gasteiger charge is 2.45. The summed E-state index contributed by atoms with van der Waals surface area (Å²) in [6.07, 6.45) is 6.18. The Labute approximate surface area is 174 Å². The summed E-state index contributed by atoms with van der Waals surface area (Å²) in [6, 6.07) is 9.40. The van der Waals surface area contributed by atoms with E-state index in [1.807, 2.05) is 31.2 Å². The summed E-state index contributed by atoms with van der Waals surface area (Å²) in [7, 11) is 0. The lowest BCUT2D eigenvalue weighted by molar-refractivity contribution is 0.0876. The number of nitrogens with zero attached hydrogens (tertiary/aromatic N) is 3. The Morgan fingerprint density at radius 3 is 2.66 bits per heavy atom. The van der Waals surface area contributed by atoms with Crippen LogP contribution in [0.25, 0.3) is 10.9 Å². The van der Waals surface area contributed by atoms with Crippen molar-refractivity contribution in [2.45, 2.75) is 44.7 Å². The number of halogens is 1. The van der Waals surface area contributed by atoms with Gasteiger partial charge in [0.05, 0.1) is 5.52 Å². The van der Waals surface area contributed by atoms with E-state index >= 15 is 0 Å². The smallest absolute Gasteiger partial charge is 0.276 e. The predicted octanol–water partition coefficient (Wildman–Crippen LogP) is 3.63. The number of anilines is 2. The van der Waals surface area contributed by atoms with E-state index in [4.69, 9.17) is 0 Å². The van der Waals surface area contributed by atoms with Crippen molar-refractivity contribution < 1.29 is 4.79 Å². The van der Waals surface area contributed by atoms with Gasteiger partial charge in [-0.3, -0.25) is 14.2 Å². The van der Waals surface area contributed by atoms with Crippen molar-refractivity contribution in [3.8, 4) is 0 Å². The van der Waals surface area contributed by atoms with Gasteiger partial charge in [-0.1, -0.05) is 18.6 Å². The van der Waals surface area contributed by atoms with Crippen LogP contribution in [-0.2, 0) is 5.66 Å². The van der Waals surface area contributed by atoms with E-state index in [9.17, 15) is 9.59 Å². The molecule has 1 aliphatic carbocycles. The maximum atomic E-state index is 13.4. The third-order valence-electron chi connectivity index (χ3n) is 5.86. The number of amides is 1. The SMILES string of the molecule is Cc1cc(Nc2ncnc3ccccc23)c(=O)n2c1C(=O)NC21CCCCC1.Cl. The third kappa shape index (κ3) is 2.97. The van der Waals surface area contributed by atoms with Gasteiger partial charge in [-0.25, -0.2) is 9.97 Å². The number of nitrogens with one attached hydrogen (secondary N) is 2. The Morgan fingerprint density at radius 1 is 1.10 bits per heavy atom. The van der Waals surface area contributed by atoms with Crippen LogP contribution in [0.1, 0.15) is 48.2 Å². The van der Waals surface area contributed by atoms with E-state index < -0.39 is 5.66 Å². The minimum Gasteiger partial charge on any atom is -0.335 e. The zero-order valence-electron chi connectivity index (χ0n) is 16.1. The molecule has 0 unspecified atom stereocenters. The number of aryl methyl sites for hydroxylation is 1. The molecule has 0 bridgehead atoms. The number of para-hydroxylation sites is 1. The molecule has 7 nitrogen and oxygen atoms in total. The molecule has 2 N–H and O–H groups in total. The number of aromatic nitrogens is 3. The number of benzene rings is 1. The normalized spacial score (nSPS) is 16.9. The second-order valence-electron chi connectivity index (χ2n) is 7.64. The van der Waals surface area contributed by atoms with Gasteiger partial charge in [0.2, 0.25) is 0 Å². The molecule has 2 aliphatic rings. The molecule has 1 aromatic carbocycles. The number of hydrogen-bond donors (Lipinski definition) is 2. The van der Waals surface area contributed by atoms with E-state index in [1.54, 1.807) is 10.6 Å². The topological polar surface area (TPSA) is 88.9 Å². The van der Waals surface area contributed by atoms with Crippen LogP contribution in [-0.4, -0.2) is 20.4 Å². The van der Waals surface area contributed by atoms with Crippen molar-refractivity contribution in [3.05, 3.63) is 58.3 Å². The maximum absolute atomic E-state index is 13.4. The molecule has 3 aromatic rings. The Morgan fingerprint density at radius 2 is 1.86 bits per heavy atom. The van der Waals surface area contributed by atoms with Gasteiger partial charge >= 0.3 is 0 Å². The van der Waals surface area contributed by atoms with Crippen molar-refractivity contribution in [2.24, 2.45) is 0 Å². The zero-order valence-corrected chi connectivity index (χ0v) is 16.9. The Kier molecular flexibility index (Phi) is 4.78. The first kappa shape index (κ1) is 19.4. The first-order valence-corrected chi connectivity index (χ1v) is 9.65. The quantitative estimate of drug-likeness (QED) is 0.672. The second-order valence-corrected chi connectivity index (χ2v) is 7.64. The molecule has 1 fully saturated rings. The molecule has 1 spiro atoms. The number of fused-ring (bicyclic) bond motifs is 3. The molecule has 1 amide bonds. The molecule has 2 aromatic heterocycles.